The summed E-state index contributed by atoms with van der Waals surface area (Å²) in [4.78, 5) is 31.7. The average molecular weight is 442 g/mol. The molecule has 0 aliphatic heterocycles. The lowest BCUT2D eigenvalue weighted by Crippen LogP contribution is -2.25. The van der Waals surface area contributed by atoms with Crippen LogP contribution >= 0.6 is 23.4 Å². The molecule has 2 heterocycles. The van der Waals surface area contributed by atoms with Crippen molar-refractivity contribution in [1.29, 1.82) is 0 Å². The summed E-state index contributed by atoms with van der Waals surface area (Å²) in [5, 5.41) is 21.3. The standard InChI is InChI=1S/C20H16ClN5O3S/c1-2-15(18(27)22-10-7-8-13(21)12(9-10)19(28)29)30-20-24-17-16(25-26-20)11-5-3-4-6-14(11)23-17/h3-9,15H,2H2,1H3,(H,22,27)(H,28,29)(H,23,24,26). The van der Waals surface area contributed by atoms with Crippen LogP contribution in [0, 0.1) is 0 Å². The number of carbonyl (C=O) groups is 2. The van der Waals surface area contributed by atoms with Gasteiger partial charge in [-0.25, -0.2) is 9.78 Å². The van der Waals surface area contributed by atoms with E-state index in [2.05, 4.69) is 25.5 Å². The Morgan fingerprint density at radius 3 is 2.80 bits per heavy atom. The zero-order valence-electron chi connectivity index (χ0n) is 15.7. The SMILES string of the molecule is CCC(Sc1nnc2c(n1)[nH]c1ccccc12)C(=O)Nc1ccc(Cl)c(C(=O)O)c1. The van der Waals surface area contributed by atoms with Crippen LogP contribution in [0.2, 0.25) is 5.02 Å². The summed E-state index contributed by atoms with van der Waals surface area (Å²) in [5.74, 6) is -1.45. The molecule has 0 bridgehead atoms. The highest BCUT2D eigenvalue weighted by Crippen LogP contribution is 2.27. The van der Waals surface area contributed by atoms with Crippen molar-refractivity contribution in [3.63, 3.8) is 0 Å². The minimum absolute atomic E-state index is 0.0769. The predicted octanol–water partition coefficient (Wildman–Crippen LogP) is 4.37. The zero-order chi connectivity index (χ0) is 21.3. The molecule has 152 valence electrons. The van der Waals surface area contributed by atoms with Crippen LogP contribution in [0.3, 0.4) is 0 Å². The van der Waals surface area contributed by atoms with Crippen molar-refractivity contribution in [2.75, 3.05) is 5.32 Å². The van der Waals surface area contributed by atoms with Crippen molar-refractivity contribution in [2.24, 2.45) is 0 Å². The van der Waals surface area contributed by atoms with Gasteiger partial charge < -0.3 is 15.4 Å². The number of hydrogen-bond acceptors (Lipinski definition) is 6. The minimum atomic E-state index is -1.16. The molecule has 8 nitrogen and oxygen atoms in total. The fourth-order valence-electron chi connectivity index (χ4n) is 2.99. The van der Waals surface area contributed by atoms with E-state index in [9.17, 15) is 14.7 Å². The maximum absolute atomic E-state index is 12.7. The summed E-state index contributed by atoms with van der Waals surface area (Å²) >= 11 is 7.07. The number of carbonyl (C=O) groups excluding carboxylic acids is 1. The molecule has 2 aromatic heterocycles. The van der Waals surface area contributed by atoms with E-state index < -0.39 is 11.2 Å². The molecule has 0 aliphatic carbocycles. The first-order valence-corrected chi connectivity index (χ1v) is 10.3. The number of fused-ring (bicyclic) bond motifs is 3. The highest BCUT2D eigenvalue weighted by Gasteiger charge is 2.21. The molecule has 3 N–H and O–H groups in total. The van der Waals surface area contributed by atoms with Crippen molar-refractivity contribution >= 4 is 63.0 Å². The third kappa shape index (κ3) is 3.94. The van der Waals surface area contributed by atoms with Gasteiger partial charge in [0.25, 0.3) is 0 Å². The van der Waals surface area contributed by atoms with E-state index in [1.54, 1.807) is 6.07 Å². The van der Waals surface area contributed by atoms with Crippen LogP contribution in [-0.4, -0.2) is 42.4 Å². The number of aromatic carboxylic acids is 1. The Bertz CT molecular complexity index is 1280. The van der Waals surface area contributed by atoms with Crippen molar-refractivity contribution in [3.8, 4) is 0 Å². The van der Waals surface area contributed by atoms with E-state index in [4.69, 9.17) is 11.6 Å². The third-order valence-corrected chi connectivity index (χ3v) is 6.02. The van der Waals surface area contributed by atoms with Crippen LogP contribution in [0.1, 0.15) is 23.7 Å². The molecular formula is C20H16ClN5O3S. The molecule has 0 fully saturated rings. The van der Waals surface area contributed by atoms with Gasteiger partial charge in [-0.3, -0.25) is 4.79 Å². The lowest BCUT2D eigenvalue weighted by Gasteiger charge is -2.14. The number of nitrogens with one attached hydrogen (secondary N) is 2. The van der Waals surface area contributed by atoms with Crippen LogP contribution in [0.25, 0.3) is 22.1 Å². The third-order valence-electron chi connectivity index (χ3n) is 4.48. The number of halogens is 1. The number of anilines is 1. The molecule has 1 atom stereocenters. The van der Waals surface area contributed by atoms with Gasteiger partial charge in [-0.15, -0.1) is 10.2 Å². The molecule has 0 spiro atoms. The van der Waals surface area contributed by atoms with Crippen molar-refractivity contribution in [2.45, 2.75) is 23.8 Å². The van der Waals surface area contributed by atoms with Gasteiger partial charge in [0.1, 0.15) is 5.52 Å². The second-order valence-corrected chi connectivity index (χ2v) is 8.04. The summed E-state index contributed by atoms with van der Waals surface area (Å²) in [7, 11) is 0. The number of amides is 1. The van der Waals surface area contributed by atoms with Crippen molar-refractivity contribution in [1.82, 2.24) is 20.2 Å². The number of carboxylic acids is 1. The van der Waals surface area contributed by atoms with Gasteiger partial charge >= 0.3 is 5.97 Å². The second kappa shape index (κ2) is 8.29. The fourth-order valence-corrected chi connectivity index (χ4v) is 4.01. The average Bonchev–Trinajstić information content (AvgIpc) is 3.10. The summed E-state index contributed by atoms with van der Waals surface area (Å²) in [5.41, 5.74) is 2.47. The quantitative estimate of drug-likeness (QED) is 0.380. The van der Waals surface area contributed by atoms with Gasteiger partial charge in [0.05, 0.1) is 15.8 Å². The predicted molar refractivity (Wildman–Crippen MR) is 116 cm³/mol. The molecule has 2 aromatic carbocycles. The highest BCUT2D eigenvalue weighted by atomic mass is 35.5. The molecule has 4 rings (SSSR count). The second-order valence-electron chi connectivity index (χ2n) is 6.47. The fraction of sp³-hybridized carbons (Fsp3) is 0.150. The number of aromatic amines is 1. The maximum Gasteiger partial charge on any atom is 0.337 e. The first kappa shape index (κ1) is 20.1. The molecule has 1 unspecified atom stereocenters. The molecule has 0 saturated carbocycles. The first-order valence-electron chi connectivity index (χ1n) is 9.07. The Hall–Kier alpha value is -3.17. The van der Waals surface area contributed by atoms with Crippen molar-refractivity contribution in [3.05, 3.63) is 53.1 Å². The number of H-pyrrole nitrogens is 1. The Morgan fingerprint density at radius 2 is 2.03 bits per heavy atom. The highest BCUT2D eigenvalue weighted by molar-refractivity contribution is 8.00. The van der Waals surface area contributed by atoms with Gasteiger partial charge in [0, 0.05) is 16.6 Å². The number of benzene rings is 2. The molecule has 1 amide bonds. The lowest BCUT2D eigenvalue weighted by molar-refractivity contribution is -0.115. The van der Waals surface area contributed by atoms with Gasteiger partial charge in [0.2, 0.25) is 11.1 Å². The molecule has 0 saturated heterocycles. The van der Waals surface area contributed by atoms with Crippen LogP contribution in [0.15, 0.2) is 47.6 Å². The lowest BCUT2D eigenvalue weighted by atomic mass is 10.2. The van der Waals surface area contributed by atoms with Gasteiger partial charge in [-0.05, 0) is 30.7 Å². The smallest absolute Gasteiger partial charge is 0.337 e. The molecule has 4 aromatic rings. The molecule has 10 heteroatoms. The molecule has 30 heavy (non-hydrogen) atoms. The van der Waals surface area contributed by atoms with Gasteiger partial charge in [0.15, 0.2) is 5.65 Å². The maximum atomic E-state index is 12.7. The Kier molecular flexibility index (Phi) is 5.56. The summed E-state index contributed by atoms with van der Waals surface area (Å²) in [6, 6.07) is 12.0. The van der Waals surface area contributed by atoms with Gasteiger partial charge in [-0.2, -0.15) is 0 Å². The van der Waals surface area contributed by atoms with Gasteiger partial charge in [-0.1, -0.05) is 48.5 Å². The van der Waals surface area contributed by atoms with E-state index in [0.717, 1.165) is 10.9 Å². The first-order chi connectivity index (χ1) is 14.5. The number of aromatic nitrogens is 4. The summed E-state index contributed by atoms with van der Waals surface area (Å²) < 4.78 is 0. The Balaban J connectivity index is 1.54. The number of nitrogens with zero attached hydrogens (tertiary/aromatic N) is 3. The summed E-state index contributed by atoms with van der Waals surface area (Å²) in [6.45, 7) is 1.87. The number of thioether (sulfide) groups is 1. The molecule has 0 radical (unpaired) electrons. The monoisotopic (exact) mass is 441 g/mol. The zero-order valence-corrected chi connectivity index (χ0v) is 17.3. The number of para-hydroxylation sites is 1. The largest absolute Gasteiger partial charge is 0.478 e. The summed E-state index contributed by atoms with van der Waals surface area (Å²) in [6.07, 6.45) is 0.518. The van der Waals surface area contributed by atoms with Crippen LogP contribution in [-0.2, 0) is 4.79 Å². The van der Waals surface area contributed by atoms with E-state index in [1.165, 1.54) is 23.9 Å². The van der Waals surface area contributed by atoms with Crippen LogP contribution in [0.5, 0.6) is 0 Å². The molecular weight excluding hydrogens is 426 g/mol. The van der Waals surface area contributed by atoms with Crippen LogP contribution in [0.4, 0.5) is 5.69 Å². The van der Waals surface area contributed by atoms with Crippen molar-refractivity contribution < 1.29 is 14.7 Å². The molecule has 0 aliphatic rings. The number of carboxylic acid groups (broad SMARTS) is 1. The van der Waals surface area contributed by atoms with E-state index in [0.29, 0.717) is 28.4 Å². The Labute approximate surface area is 180 Å². The van der Waals surface area contributed by atoms with Crippen LogP contribution < -0.4 is 5.32 Å². The normalized spacial score (nSPS) is 12.2. The van der Waals surface area contributed by atoms with E-state index >= 15 is 0 Å². The minimum Gasteiger partial charge on any atom is -0.478 e. The van der Waals surface area contributed by atoms with E-state index in [-0.39, 0.29) is 16.5 Å². The topological polar surface area (TPSA) is 121 Å². The number of hydrogen-bond donors (Lipinski definition) is 3. The number of rotatable bonds is 6. The Morgan fingerprint density at radius 1 is 1.23 bits per heavy atom. The van der Waals surface area contributed by atoms with E-state index in [1.807, 2.05) is 31.2 Å².